The van der Waals surface area contributed by atoms with E-state index in [0.717, 1.165) is 5.56 Å². The Morgan fingerprint density at radius 2 is 1.86 bits per heavy atom. The number of aliphatic carboxylic acids is 1. The number of benzene rings is 2. The van der Waals surface area contributed by atoms with Crippen LogP contribution in [0.15, 0.2) is 30.3 Å². The van der Waals surface area contributed by atoms with E-state index in [4.69, 9.17) is 9.47 Å². The van der Waals surface area contributed by atoms with Crippen molar-refractivity contribution in [2.24, 2.45) is 0 Å². The smallest absolute Gasteiger partial charge is 0.321 e. The molecule has 0 saturated carbocycles. The third-order valence-electron chi connectivity index (χ3n) is 4.86. The molecule has 6 heteroatoms. The second-order valence-electron chi connectivity index (χ2n) is 7.08. The molecule has 0 spiro atoms. The molecule has 5 nitrogen and oxygen atoms in total. The largest absolute Gasteiger partial charge is 0.490 e. The lowest BCUT2D eigenvalue weighted by Gasteiger charge is -2.18. The van der Waals surface area contributed by atoms with Crippen molar-refractivity contribution in [2.75, 3.05) is 12.4 Å². The van der Waals surface area contributed by atoms with Crippen molar-refractivity contribution in [3.63, 3.8) is 0 Å². The van der Waals surface area contributed by atoms with Gasteiger partial charge in [0.2, 0.25) is 0 Å². The first-order chi connectivity index (χ1) is 13.4. The molecule has 2 aromatic carbocycles. The van der Waals surface area contributed by atoms with Gasteiger partial charge in [0, 0.05) is 5.75 Å². The van der Waals surface area contributed by atoms with Crippen LogP contribution in [-0.2, 0) is 11.4 Å². The molecule has 0 aromatic heterocycles. The maximum Gasteiger partial charge on any atom is 0.321 e. The summed E-state index contributed by atoms with van der Waals surface area (Å²) in [5.41, 5.74) is 5.87. The Morgan fingerprint density at radius 3 is 2.46 bits per heavy atom. The first-order valence-electron chi connectivity index (χ1n) is 9.45. The summed E-state index contributed by atoms with van der Waals surface area (Å²) in [7, 11) is 0. The number of rotatable bonds is 7. The predicted octanol–water partition coefficient (Wildman–Crippen LogP) is 4.38. The van der Waals surface area contributed by atoms with Crippen LogP contribution in [0.25, 0.3) is 0 Å². The van der Waals surface area contributed by atoms with Crippen molar-refractivity contribution in [2.45, 2.75) is 45.7 Å². The number of carboxylic acids is 1. The van der Waals surface area contributed by atoms with Crippen LogP contribution >= 0.6 is 11.8 Å². The molecule has 0 unspecified atom stereocenters. The number of hydrogen-bond donors (Lipinski definition) is 2. The Morgan fingerprint density at radius 1 is 1.14 bits per heavy atom. The number of carboxylic acid groups (broad SMARTS) is 1. The van der Waals surface area contributed by atoms with E-state index in [2.05, 4.69) is 38.2 Å². The van der Waals surface area contributed by atoms with E-state index in [9.17, 15) is 9.90 Å². The summed E-state index contributed by atoms with van der Waals surface area (Å²) in [6, 6.07) is 9.65. The van der Waals surface area contributed by atoms with Crippen LogP contribution in [0.5, 0.6) is 11.5 Å². The Kier molecular flexibility index (Phi) is 6.52. The van der Waals surface area contributed by atoms with E-state index in [0.29, 0.717) is 30.5 Å². The lowest BCUT2D eigenvalue weighted by Crippen LogP contribution is -2.33. The highest BCUT2D eigenvalue weighted by molar-refractivity contribution is 7.99. The maximum absolute atomic E-state index is 11.2. The lowest BCUT2D eigenvalue weighted by molar-refractivity contribution is -0.138. The minimum Gasteiger partial charge on any atom is -0.490 e. The molecule has 1 saturated heterocycles. The molecule has 1 aliphatic rings. The van der Waals surface area contributed by atoms with Gasteiger partial charge in [0.25, 0.3) is 0 Å². The number of thioether (sulfide) groups is 1. The number of nitrogens with one attached hydrogen (secondary N) is 1. The zero-order valence-electron chi connectivity index (χ0n) is 16.7. The predicted molar refractivity (Wildman–Crippen MR) is 112 cm³/mol. The second-order valence-corrected chi connectivity index (χ2v) is 8.21. The fourth-order valence-corrected chi connectivity index (χ4v) is 4.69. The summed E-state index contributed by atoms with van der Waals surface area (Å²) >= 11 is 1.59. The third kappa shape index (κ3) is 4.62. The number of carbonyl (C=O) groups is 1. The van der Waals surface area contributed by atoms with Gasteiger partial charge in [-0.05, 0) is 62.1 Å². The van der Waals surface area contributed by atoms with Gasteiger partial charge in [0.15, 0.2) is 11.5 Å². The molecule has 1 aliphatic heterocycles. The summed E-state index contributed by atoms with van der Waals surface area (Å²) in [5.74, 6) is 1.11. The molecule has 1 fully saturated rings. The van der Waals surface area contributed by atoms with Gasteiger partial charge >= 0.3 is 5.97 Å². The molecule has 3 rings (SSSR count). The molecular formula is C22H27NO4S. The highest BCUT2D eigenvalue weighted by Gasteiger charge is 2.30. The molecule has 1 heterocycles. The molecular weight excluding hydrogens is 374 g/mol. The van der Waals surface area contributed by atoms with Crippen molar-refractivity contribution in [1.29, 1.82) is 0 Å². The molecule has 2 atom stereocenters. The van der Waals surface area contributed by atoms with Crippen molar-refractivity contribution in [3.8, 4) is 11.5 Å². The van der Waals surface area contributed by atoms with Crippen LogP contribution in [0.1, 0.15) is 40.1 Å². The van der Waals surface area contributed by atoms with Gasteiger partial charge in [0.05, 0.1) is 12.0 Å². The van der Waals surface area contributed by atoms with E-state index in [1.54, 1.807) is 11.8 Å². The van der Waals surface area contributed by atoms with Crippen molar-refractivity contribution >= 4 is 17.7 Å². The molecule has 150 valence electrons. The highest BCUT2D eigenvalue weighted by Crippen LogP contribution is 2.38. The van der Waals surface area contributed by atoms with Gasteiger partial charge in [-0.1, -0.05) is 23.8 Å². The van der Waals surface area contributed by atoms with Crippen LogP contribution in [0.2, 0.25) is 0 Å². The summed E-state index contributed by atoms with van der Waals surface area (Å²) in [6.45, 7) is 9.26. The minimum absolute atomic E-state index is 0.0593. The number of aryl methyl sites for hydroxylation is 3. The van der Waals surface area contributed by atoms with Crippen LogP contribution in [0.3, 0.4) is 0 Å². The first-order valence-corrected chi connectivity index (χ1v) is 10.5. The Hall–Kier alpha value is -2.18. The summed E-state index contributed by atoms with van der Waals surface area (Å²) in [6.07, 6.45) is 0. The van der Waals surface area contributed by atoms with E-state index in [1.165, 1.54) is 22.3 Å². The average Bonchev–Trinajstić information content (AvgIpc) is 3.12. The summed E-state index contributed by atoms with van der Waals surface area (Å²) in [5, 5.41) is 12.3. The van der Waals surface area contributed by atoms with Crippen LogP contribution in [0.4, 0.5) is 0 Å². The zero-order chi connectivity index (χ0) is 20.3. The van der Waals surface area contributed by atoms with Gasteiger partial charge in [-0.2, -0.15) is 0 Å². The molecule has 0 aliphatic carbocycles. The molecule has 0 radical (unpaired) electrons. The quantitative estimate of drug-likeness (QED) is 0.718. The Bertz CT molecular complexity index is 845. The molecule has 28 heavy (non-hydrogen) atoms. The number of ether oxygens (including phenoxy) is 2. The van der Waals surface area contributed by atoms with Crippen LogP contribution in [-0.4, -0.2) is 29.5 Å². The number of hydrogen-bond acceptors (Lipinski definition) is 5. The molecule has 0 amide bonds. The average molecular weight is 402 g/mol. The van der Waals surface area contributed by atoms with E-state index >= 15 is 0 Å². The normalized spacial score (nSPS) is 18.9. The topological polar surface area (TPSA) is 67.8 Å². The summed E-state index contributed by atoms with van der Waals surface area (Å²) in [4.78, 5) is 11.2. The standard InChI is InChI=1S/C22H27NO4S/c1-5-26-20-10-16(21-23-18(12-28-21)22(24)25)6-7-19(20)27-11-17-14(3)8-13(2)9-15(17)4/h6-10,18,21,23H,5,11-12H2,1-4H3,(H,24,25)/t18-,21-/m0/s1. The lowest BCUT2D eigenvalue weighted by atomic mass is 10.0. The Balaban J connectivity index is 1.77. The fraction of sp³-hybridized carbons (Fsp3) is 0.409. The third-order valence-corrected chi connectivity index (χ3v) is 6.13. The second kappa shape index (κ2) is 8.88. The van der Waals surface area contributed by atoms with Crippen molar-refractivity contribution < 1.29 is 19.4 Å². The Labute approximate surface area is 170 Å². The van der Waals surface area contributed by atoms with Gasteiger partial charge < -0.3 is 14.6 Å². The minimum atomic E-state index is -0.816. The van der Waals surface area contributed by atoms with Crippen molar-refractivity contribution in [3.05, 3.63) is 58.1 Å². The van der Waals surface area contributed by atoms with Crippen LogP contribution in [0, 0.1) is 20.8 Å². The first kappa shape index (κ1) is 20.6. The monoisotopic (exact) mass is 401 g/mol. The van der Waals surface area contributed by atoms with E-state index < -0.39 is 12.0 Å². The van der Waals surface area contributed by atoms with Gasteiger partial charge in [-0.3, -0.25) is 10.1 Å². The molecule has 2 aromatic rings. The van der Waals surface area contributed by atoms with Crippen molar-refractivity contribution in [1.82, 2.24) is 5.32 Å². The van der Waals surface area contributed by atoms with Gasteiger partial charge in [-0.25, -0.2) is 0 Å². The highest BCUT2D eigenvalue weighted by atomic mass is 32.2. The van der Waals surface area contributed by atoms with Crippen LogP contribution < -0.4 is 14.8 Å². The molecule has 2 N–H and O–H groups in total. The zero-order valence-corrected chi connectivity index (χ0v) is 17.6. The SMILES string of the molecule is CCOc1cc([C@H]2N[C@H](C(=O)O)CS2)ccc1OCc1c(C)cc(C)cc1C. The fourth-order valence-electron chi connectivity index (χ4n) is 3.47. The maximum atomic E-state index is 11.2. The van der Waals surface area contributed by atoms with E-state index in [1.807, 2.05) is 25.1 Å². The summed E-state index contributed by atoms with van der Waals surface area (Å²) < 4.78 is 11.9. The van der Waals surface area contributed by atoms with Gasteiger partial charge in [-0.15, -0.1) is 11.8 Å². The van der Waals surface area contributed by atoms with E-state index in [-0.39, 0.29) is 5.37 Å². The molecule has 0 bridgehead atoms. The van der Waals surface area contributed by atoms with Gasteiger partial charge in [0.1, 0.15) is 12.6 Å².